The molecule has 1 fully saturated rings. The van der Waals surface area contributed by atoms with E-state index in [2.05, 4.69) is 31.0 Å². The number of piperazine rings is 1. The molecule has 1 aromatic carbocycles. The molecule has 2 aromatic heterocycles. The quantitative estimate of drug-likeness (QED) is 0.688. The van der Waals surface area contributed by atoms with Crippen LogP contribution in [-0.4, -0.2) is 51.1 Å². The second-order valence-electron chi connectivity index (χ2n) is 6.39. The molecule has 1 saturated heterocycles. The molecule has 0 N–H and O–H groups in total. The van der Waals surface area contributed by atoms with E-state index in [0.717, 1.165) is 44.0 Å². The number of nitrogens with zero attached hydrogens (tertiary/aromatic N) is 5. The molecule has 0 bridgehead atoms. The lowest BCUT2D eigenvalue weighted by molar-refractivity contribution is 0.111. The monoisotopic (exact) mass is 369 g/mol. The molecular weight excluding hydrogens is 350 g/mol. The molecule has 134 valence electrons. The van der Waals surface area contributed by atoms with Crippen LogP contribution in [-0.2, 0) is 13.1 Å². The molecule has 0 atom stereocenters. The van der Waals surface area contributed by atoms with Crippen molar-refractivity contribution in [2.24, 2.45) is 0 Å². The Balaban J connectivity index is 1.30. The summed E-state index contributed by atoms with van der Waals surface area (Å²) in [6.45, 7) is 5.55. The van der Waals surface area contributed by atoms with Crippen molar-refractivity contribution in [1.82, 2.24) is 24.9 Å². The Morgan fingerprint density at radius 1 is 0.923 bits per heavy atom. The van der Waals surface area contributed by atoms with Crippen molar-refractivity contribution < 1.29 is 4.52 Å². The van der Waals surface area contributed by atoms with Gasteiger partial charge in [-0.05, 0) is 36.4 Å². The van der Waals surface area contributed by atoms with Gasteiger partial charge in [-0.2, -0.15) is 4.98 Å². The molecular formula is C19H20ClN5O. The molecule has 7 heteroatoms. The maximum atomic E-state index is 5.92. The van der Waals surface area contributed by atoms with Gasteiger partial charge < -0.3 is 4.52 Å². The number of halogens is 1. The van der Waals surface area contributed by atoms with Crippen molar-refractivity contribution in [3.05, 3.63) is 65.3 Å². The van der Waals surface area contributed by atoms with Crippen molar-refractivity contribution in [2.75, 3.05) is 26.2 Å². The van der Waals surface area contributed by atoms with E-state index < -0.39 is 0 Å². The molecule has 0 unspecified atom stereocenters. The van der Waals surface area contributed by atoms with E-state index in [-0.39, 0.29) is 0 Å². The van der Waals surface area contributed by atoms with E-state index in [1.807, 2.05) is 42.6 Å². The highest BCUT2D eigenvalue weighted by Gasteiger charge is 2.19. The van der Waals surface area contributed by atoms with Gasteiger partial charge in [-0.25, -0.2) is 0 Å². The van der Waals surface area contributed by atoms with Crippen LogP contribution in [0.5, 0.6) is 0 Å². The number of hydrogen-bond donors (Lipinski definition) is 0. The largest absolute Gasteiger partial charge is 0.338 e. The fraction of sp³-hybridized carbons (Fsp3) is 0.316. The fourth-order valence-corrected chi connectivity index (χ4v) is 3.18. The number of benzene rings is 1. The summed E-state index contributed by atoms with van der Waals surface area (Å²) in [5.41, 5.74) is 2.02. The lowest BCUT2D eigenvalue weighted by Gasteiger charge is -2.33. The topological polar surface area (TPSA) is 58.3 Å². The molecule has 1 aliphatic rings. The van der Waals surface area contributed by atoms with Crippen LogP contribution < -0.4 is 0 Å². The zero-order chi connectivity index (χ0) is 17.8. The molecule has 26 heavy (non-hydrogen) atoms. The van der Waals surface area contributed by atoms with E-state index in [4.69, 9.17) is 16.1 Å². The highest BCUT2D eigenvalue weighted by molar-refractivity contribution is 6.30. The maximum absolute atomic E-state index is 5.92. The van der Waals surface area contributed by atoms with E-state index in [1.54, 1.807) is 0 Å². The third kappa shape index (κ3) is 4.27. The lowest BCUT2D eigenvalue weighted by Crippen LogP contribution is -2.45. The molecule has 0 saturated carbocycles. The van der Waals surface area contributed by atoms with Gasteiger partial charge in [0.2, 0.25) is 11.7 Å². The second kappa shape index (κ2) is 7.95. The molecule has 6 nitrogen and oxygen atoms in total. The summed E-state index contributed by atoms with van der Waals surface area (Å²) in [4.78, 5) is 13.7. The predicted molar refractivity (Wildman–Crippen MR) is 99.5 cm³/mol. The van der Waals surface area contributed by atoms with Crippen LogP contribution in [0.4, 0.5) is 0 Å². The molecule has 0 radical (unpaired) electrons. The van der Waals surface area contributed by atoms with Crippen LogP contribution in [0.3, 0.4) is 0 Å². The third-order valence-corrected chi connectivity index (χ3v) is 4.76. The van der Waals surface area contributed by atoms with E-state index in [9.17, 15) is 0 Å². The standard InChI is InChI=1S/C19H20ClN5O/c20-16-6-4-15(5-7-16)19-22-18(26-23-19)14-25-11-9-24(10-12-25)13-17-3-1-2-8-21-17/h1-8H,9-14H2. The molecule has 3 heterocycles. The highest BCUT2D eigenvalue weighted by Crippen LogP contribution is 2.19. The average Bonchev–Trinajstić information content (AvgIpc) is 3.13. The van der Waals surface area contributed by atoms with Gasteiger partial charge in [0.05, 0.1) is 12.2 Å². The molecule has 3 aromatic rings. The maximum Gasteiger partial charge on any atom is 0.241 e. The van der Waals surface area contributed by atoms with Gasteiger partial charge >= 0.3 is 0 Å². The van der Waals surface area contributed by atoms with Crippen LogP contribution >= 0.6 is 11.6 Å². The molecule has 4 rings (SSSR count). The number of hydrogen-bond acceptors (Lipinski definition) is 6. The summed E-state index contributed by atoms with van der Waals surface area (Å²) in [7, 11) is 0. The van der Waals surface area contributed by atoms with Gasteiger partial charge in [0.15, 0.2) is 0 Å². The van der Waals surface area contributed by atoms with Crippen LogP contribution in [0.2, 0.25) is 5.02 Å². The van der Waals surface area contributed by atoms with Crippen molar-refractivity contribution in [2.45, 2.75) is 13.1 Å². The summed E-state index contributed by atoms with van der Waals surface area (Å²) < 4.78 is 5.42. The summed E-state index contributed by atoms with van der Waals surface area (Å²) in [5.74, 6) is 1.25. The van der Waals surface area contributed by atoms with Crippen molar-refractivity contribution in [3.63, 3.8) is 0 Å². The average molecular weight is 370 g/mol. The highest BCUT2D eigenvalue weighted by atomic mass is 35.5. The SMILES string of the molecule is Clc1ccc(-c2noc(CN3CCN(Cc4ccccn4)CC3)n2)cc1. The smallest absolute Gasteiger partial charge is 0.241 e. The Morgan fingerprint density at radius 2 is 1.65 bits per heavy atom. The zero-order valence-electron chi connectivity index (χ0n) is 14.4. The van der Waals surface area contributed by atoms with Crippen LogP contribution in [0.25, 0.3) is 11.4 Å². The molecule has 0 spiro atoms. The zero-order valence-corrected chi connectivity index (χ0v) is 15.1. The predicted octanol–water partition coefficient (Wildman–Crippen LogP) is 3.10. The Bertz CT molecular complexity index is 829. The summed E-state index contributed by atoms with van der Waals surface area (Å²) >= 11 is 5.92. The fourth-order valence-electron chi connectivity index (χ4n) is 3.05. The summed E-state index contributed by atoms with van der Waals surface area (Å²) in [6.07, 6.45) is 1.85. The van der Waals surface area contributed by atoms with Crippen LogP contribution in [0.1, 0.15) is 11.6 Å². The van der Waals surface area contributed by atoms with Gasteiger partial charge in [0.25, 0.3) is 0 Å². The van der Waals surface area contributed by atoms with Crippen LogP contribution in [0.15, 0.2) is 53.2 Å². The number of pyridine rings is 1. The molecule has 1 aliphatic heterocycles. The van der Waals surface area contributed by atoms with Gasteiger partial charge in [-0.15, -0.1) is 0 Å². The molecule has 0 amide bonds. The van der Waals surface area contributed by atoms with Crippen molar-refractivity contribution in [1.29, 1.82) is 0 Å². The first-order chi connectivity index (χ1) is 12.8. The second-order valence-corrected chi connectivity index (χ2v) is 6.83. The minimum atomic E-state index is 0.602. The first kappa shape index (κ1) is 17.1. The Kier molecular flexibility index (Phi) is 5.24. The normalized spacial score (nSPS) is 16.0. The van der Waals surface area contributed by atoms with Gasteiger partial charge in [0.1, 0.15) is 0 Å². The first-order valence-electron chi connectivity index (χ1n) is 8.69. The van der Waals surface area contributed by atoms with Crippen molar-refractivity contribution >= 4 is 11.6 Å². The Labute approximate surface area is 157 Å². The first-order valence-corrected chi connectivity index (χ1v) is 9.07. The third-order valence-electron chi connectivity index (χ3n) is 4.51. The molecule has 0 aliphatic carbocycles. The lowest BCUT2D eigenvalue weighted by atomic mass is 10.2. The van der Waals surface area contributed by atoms with Crippen LogP contribution in [0, 0.1) is 0 Å². The van der Waals surface area contributed by atoms with Gasteiger partial charge in [0, 0.05) is 49.5 Å². The van der Waals surface area contributed by atoms with E-state index in [1.165, 1.54) is 0 Å². The van der Waals surface area contributed by atoms with E-state index >= 15 is 0 Å². The van der Waals surface area contributed by atoms with Gasteiger partial charge in [-0.1, -0.05) is 22.8 Å². The minimum absolute atomic E-state index is 0.602. The summed E-state index contributed by atoms with van der Waals surface area (Å²) in [6, 6.07) is 13.5. The minimum Gasteiger partial charge on any atom is -0.338 e. The number of aromatic nitrogens is 3. The Morgan fingerprint density at radius 3 is 2.35 bits per heavy atom. The Hall–Kier alpha value is -2.28. The van der Waals surface area contributed by atoms with Gasteiger partial charge in [-0.3, -0.25) is 14.8 Å². The summed E-state index contributed by atoms with van der Waals surface area (Å²) in [5, 5.41) is 4.77. The van der Waals surface area contributed by atoms with Crippen molar-refractivity contribution in [3.8, 4) is 11.4 Å². The number of rotatable bonds is 5. The van der Waals surface area contributed by atoms with E-state index in [0.29, 0.717) is 23.3 Å².